The predicted molar refractivity (Wildman–Crippen MR) is 76.9 cm³/mol. The summed E-state index contributed by atoms with van der Waals surface area (Å²) in [6.07, 6.45) is -0.405. The number of halogens is 3. The Morgan fingerprint density at radius 1 is 1.14 bits per heavy atom. The van der Waals surface area contributed by atoms with E-state index in [1.54, 1.807) is 0 Å². The number of hydrogen-bond donors (Lipinski definition) is 1. The first-order chi connectivity index (χ1) is 9.70. The van der Waals surface area contributed by atoms with Gasteiger partial charge in [0.1, 0.15) is 0 Å². The van der Waals surface area contributed by atoms with Crippen molar-refractivity contribution in [3.05, 3.63) is 35.4 Å². The summed E-state index contributed by atoms with van der Waals surface area (Å²) in [5, 5.41) is 10.6. The van der Waals surface area contributed by atoms with Crippen LogP contribution in [-0.2, 0) is 12.6 Å². The summed E-state index contributed by atoms with van der Waals surface area (Å²) in [6.45, 7) is 4.40. The van der Waals surface area contributed by atoms with E-state index in [0.717, 1.165) is 43.4 Å². The van der Waals surface area contributed by atoms with E-state index < -0.39 is 17.3 Å². The Morgan fingerprint density at radius 3 is 2.10 bits per heavy atom. The Bertz CT molecular complexity index is 454. The Morgan fingerprint density at radius 2 is 1.67 bits per heavy atom. The quantitative estimate of drug-likeness (QED) is 0.848. The van der Waals surface area contributed by atoms with Crippen LogP contribution in [0.5, 0.6) is 0 Å². The molecule has 0 radical (unpaired) electrons. The van der Waals surface area contributed by atoms with Crippen molar-refractivity contribution in [2.75, 3.05) is 0 Å². The fourth-order valence-corrected chi connectivity index (χ4v) is 3.21. The van der Waals surface area contributed by atoms with Crippen LogP contribution in [0.4, 0.5) is 13.2 Å². The lowest BCUT2D eigenvalue weighted by molar-refractivity contribution is -0.137. The lowest BCUT2D eigenvalue weighted by Gasteiger charge is -2.37. The summed E-state index contributed by atoms with van der Waals surface area (Å²) >= 11 is 0. The first-order valence-electron chi connectivity index (χ1n) is 7.58. The smallest absolute Gasteiger partial charge is 0.390 e. The van der Waals surface area contributed by atoms with Crippen molar-refractivity contribution in [2.24, 2.45) is 11.8 Å². The summed E-state index contributed by atoms with van der Waals surface area (Å²) in [7, 11) is 0. The van der Waals surface area contributed by atoms with Gasteiger partial charge in [-0.3, -0.25) is 0 Å². The number of hydrogen-bond acceptors (Lipinski definition) is 1. The number of aliphatic hydroxyl groups is 1. The number of benzene rings is 1. The molecule has 0 spiro atoms. The van der Waals surface area contributed by atoms with Gasteiger partial charge in [-0.1, -0.05) is 26.0 Å². The van der Waals surface area contributed by atoms with Gasteiger partial charge in [-0.2, -0.15) is 13.2 Å². The normalized spacial score (nSPS) is 27.1. The molecule has 0 aliphatic heterocycles. The highest BCUT2D eigenvalue weighted by Gasteiger charge is 2.34. The molecule has 0 bridgehead atoms. The SMILES string of the molecule is CC(C)C1CCC(O)(Cc2ccc(C(F)(F)F)cc2)CC1. The largest absolute Gasteiger partial charge is 0.416 e. The molecule has 0 heterocycles. The molecule has 0 unspecified atom stereocenters. The van der Waals surface area contributed by atoms with Gasteiger partial charge in [-0.05, 0) is 55.2 Å². The highest BCUT2D eigenvalue weighted by Crippen LogP contribution is 2.38. The average Bonchev–Trinajstić information content (AvgIpc) is 2.38. The topological polar surface area (TPSA) is 20.2 Å². The van der Waals surface area contributed by atoms with Crippen molar-refractivity contribution in [3.63, 3.8) is 0 Å². The molecule has 0 saturated heterocycles. The van der Waals surface area contributed by atoms with Crippen LogP contribution in [0.2, 0.25) is 0 Å². The summed E-state index contributed by atoms with van der Waals surface area (Å²) in [5.74, 6) is 1.28. The molecule has 1 fully saturated rings. The van der Waals surface area contributed by atoms with E-state index in [4.69, 9.17) is 0 Å². The van der Waals surface area contributed by atoms with Gasteiger partial charge in [0.15, 0.2) is 0 Å². The Hall–Kier alpha value is -1.03. The molecule has 0 atom stereocenters. The molecule has 2 rings (SSSR count). The van der Waals surface area contributed by atoms with Crippen LogP contribution in [0.3, 0.4) is 0 Å². The standard InChI is InChI=1S/C17H23F3O/c1-12(2)14-7-9-16(21,10-8-14)11-13-3-5-15(6-4-13)17(18,19)20/h3-6,12,14,21H,7-11H2,1-2H3. The molecule has 118 valence electrons. The zero-order valence-electron chi connectivity index (χ0n) is 12.6. The average molecular weight is 300 g/mol. The van der Waals surface area contributed by atoms with Gasteiger partial charge < -0.3 is 5.11 Å². The van der Waals surface area contributed by atoms with Gasteiger partial charge in [-0.25, -0.2) is 0 Å². The molecule has 1 N–H and O–H groups in total. The molecule has 21 heavy (non-hydrogen) atoms. The molecule has 1 saturated carbocycles. The van der Waals surface area contributed by atoms with Crippen molar-refractivity contribution in [3.8, 4) is 0 Å². The van der Waals surface area contributed by atoms with Crippen LogP contribution in [0, 0.1) is 11.8 Å². The lowest BCUT2D eigenvalue weighted by atomic mass is 9.72. The van der Waals surface area contributed by atoms with Crippen molar-refractivity contribution in [2.45, 2.75) is 57.7 Å². The predicted octanol–water partition coefficient (Wildman–Crippen LogP) is 4.83. The highest BCUT2D eigenvalue weighted by molar-refractivity contribution is 5.25. The number of alkyl halides is 3. The van der Waals surface area contributed by atoms with Gasteiger partial charge in [0.2, 0.25) is 0 Å². The van der Waals surface area contributed by atoms with Crippen LogP contribution in [0.15, 0.2) is 24.3 Å². The first-order valence-corrected chi connectivity index (χ1v) is 7.58. The fourth-order valence-electron chi connectivity index (χ4n) is 3.21. The molecule has 4 heteroatoms. The van der Waals surface area contributed by atoms with Crippen LogP contribution < -0.4 is 0 Å². The van der Waals surface area contributed by atoms with Crippen LogP contribution in [0.25, 0.3) is 0 Å². The maximum absolute atomic E-state index is 12.5. The minimum atomic E-state index is -4.30. The maximum Gasteiger partial charge on any atom is 0.416 e. The van der Waals surface area contributed by atoms with Crippen LogP contribution in [-0.4, -0.2) is 10.7 Å². The molecule has 0 amide bonds. The van der Waals surface area contributed by atoms with E-state index in [-0.39, 0.29) is 0 Å². The van der Waals surface area contributed by atoms with Gasteiger partial charge in [0.25, 0.3) is 0 Å². The van der Waals surface area contributed by atoms with E-state index in [0.29, 0.717) is 18.3 Å². The van der Waals surface area contributed by atoms with Gasteiger partial charge in [0.05, 0.1) is 11.2 Å². The summed E-state index contributed by atoms with van der Waals surface area (Å²) < 4.78 is 37.6. The zero-order chi connectivity index (χ0) is 15.7. The number of rotatable bonds is 3. The molecule has 1 aliphatic rings. The third-order valence-electron chi connectivity index (χ3n) is 4.72. The minimum Gasteiger partial charge on any atom is -0.390 e. The van der Waals surface area contributed by atoms with Crippen LogP contribution in [0.1, 0.15) is 50.7 Å². The van der Waals surface area contributed by atoms with Crippen molar-refractivity contribution in [1.82, 2.24) is 0 Å². The molecule has 1 aromatic rings. The Labute approximate surface area is 124 Å². The molecular formula is C17H23F3O. The van der Waals surface area contributed by atoms with E-state index in [1.165, 1.54) is 12.1 Å². The van der Waals surface area contributed by atoms with Gasteiger partial charge in [0, 0.05) is 6.42 Å². The molecule has 1 aliphatic carbocycles. The molecule has 1 aromatic carbocycles. The van der Waals surface area contributed by atoms with Crippen molar-refractivity contribution in [1.29, 1.82) is 0 Å². The summed E-state index contributed by atoms with van der Waals surface area (Å²) in [6, 6.07) is 5.15. The lowest BCUT2D eigenvalue weighted by Crippen LogP contribution is -2.37. The van der Waals surface area contributed by atoms with Gasteiger partial charge >= 0.3 is 6.18 Å². The minimum absolute atomic E-state index is 0.440. The van der Waals surface area contributed by atoms with E-state index in [1.807, 2.05) is 0 Å². The van der Waals surface area contributed by atoms with E-state index >= 15 is 0 Å². The van der Waals surface area contributed by atoms with Gasteiger partial charge in [-0.15, -0.1) is 0 Å². The van der Waals surface area contributed by atoms with Crippen LogP contribution >= 0.6 is 0 Å². The monoisotopic (exact) mass is 300 g/mol. The Kier molecular flexibility index (Phi) is 4.66. The fraction of sp³-hybridized carbons (Fsp3) is 0.647. The second kappa shape index (κ2) is 5.99. The third-order valence-corrected chi connectivity index (χ3v) is 4.72. The summed E-state index contributed by atoms with van der Waals surface area (Å²) in [4.78, 5) is 0. The highest BCUT2D eigenvalue weighted by atomic mass is 19.4. The molecule has 1 nitrogen and oxygen atoms in total. The second-order valence-electron chi connectivity index (χ2n) is 6.68. The first kappa shape index (κ1) is 16.3. The molecule has 0 aromatic heterocycles. The van der Waals surface area contributed by atoms with E-state index in [2.05, 4.69) is 13.8 Å². The molecular weight excluding hydrogens is 277 g/mol. The third kappa shape index (κ3) is 4.22. The second-order valence-corrected chi connectivity index (χ2v) is 6.68. The van der Waals surface area contributed by atoms with Crippen molar-refractivity contribution < 1.29 is 18.3 Å². The maximum atomic E-state index is 12.5. The summed E-state index contributed by atoms with van der Waals surface area (Å²) in [5.41, 5.74) is -0.624. The zero-order valence-corrected chi connectivity index (χ0v) is 12.6. The Balaban J connectivity index is 1.98. The van der Waals surface area contributed by atoms with E-state index in [9.17, 15) is 18.3 Å². The van der Waals surface area contributed by atoms with Crippen molar-refractivity contribution >= 4 is 0 Å².